The van der Waals surface area contributed by atoms with Crippen molar-refractivity contribution >= 4 is 57.3 Å². The molecule has 106 valence electrons. The molecule has 0 saturated carbocycles. The number of nitrogens with zero attached hydrogens (tertiary/aromatic N) is 3. The van der Waals surface area contributed by atoms with Crippen LogP contribution in [0.25, 0.3) is 11.4 Å². The first kappa shape index (κ1) is 14.6. The minimum absolute atomic E-state index is 0.437. The lowest BCUT2D eigenvalue weighted by Gasteiger charge is -2.00. The van der Waals surface area contributed by atoms with Gasteiger partial charge in [0.25, 0.3) is 0 Å². The summed E-state index contributed by atoms with van der Waals surface area (Å²) in [6, 6.07) is 11.3. The molecule has 2 aromatic heterocycles. The number of H-pyrrole nitrogens is 1. The van der Waals surface area contributed by atoms with Crippen LogP contribution in [0.15, 0.2) is 45.3 Å². The molecule has 3 rings (SSSR count). The van der Waals surface area contributed by atoms with E-state index in [-0.39, 0.29) is 0 Å². The van der Waals surface area contributed by atoms with E-state index < -0.39 is 0 Å². The predicted octanol–water partition coefficient (Wildman–Crippen LogP) is 4.97. The third-order valence-corrected chi connectivity index (χ3v) is 4.72. The van der Waals surface area contributed by atoms with Gasteiger partial charge in [-0.1, -0.05) is 11.6 Å². The molecule has 0 radical (unpaired) electrons. The number of nitrogens with one attached hydrogen (secondary N) is 1. The van der Waals surface area contributed by atoms with Crippen LogP contribution in [0.2, 0.25) is 5.02 Å². The van der Waals surface area contributed by atoms with Gasteiger partial charge in [0, 0.05) is 15.5 Å². The van der Waals surface area contributed by atoms with Gasteiger partial charge in [-0.3, -0.25) is 0 Å². The fraction of sp³-hybridized carbons (Fsp3) is 0. The highest BCUT2D eigenvalue weighted by atomic mass is 79.9. The zero-order valence-electron chi connectivity index (χ0n) is 10.5. The second kappa shape index (κ2) is 6.23. The van der Waals surface area contributed by atoms with Crippen molar-refractivity contribution in [2.45, 2.75) is 0 Å². The smallest absolute Gasteiger partial charge is 0.216 e. The Balaban J connectivity index is 1.99. The van der Waals surface area contributed by atoms with Gasteiger partial charge in [0.15, 0.2) is 5.82 Å². The molecule has 1 N–H and O–H groups in total. The Labute approximate surface area is 143 Å². The van der Waals surface area contributed by atoms with E-state index in [9.17, 15) is 0 Å². The van der Waals surface area contributed by atoms with Crippen molar-refractivity contribution in [3.63, 3.8) is 0 Å². The zero-order valence-corrected chi connectivity index (χ0v) is 14.4. The molecule has 0 unspecified atom stereocenters. The van der Waals surface area contributed by atoms with Gasteiger partial charge in [0.2, 0.25) is 4.77 Å². The Morgan fingerprint density at radius 3 is 2.71 bits per heavy atom. The second-order valence-electron chi connectivity index (χ2n) is 4.06. The molecule has 0 bridgehead atoms. The van der Waals surface area contributed by atoms with Crippen molar-refractivity contribution in [3.8, 4) is 11.4 Å². The van der Waals surface area contributed by atoms with E-state index >= 15 is 0 Å². The molecular weight excluding hydrogens is 392 g/mol. The van der Waals surface area contributed by atoms with E-state index in [1.54, 1.807) is 34.4 Å². The third-order valence-electron chi connectivity index (χ3n) is 2.65. The van der Waals surface area contributed by atoms with Crippen molar-refractivity contribution in [1.82, 2.24) is 14.9 Å². The van der Waals surface area contributed by atoms with Gasteiger partial charge < -0.3 is 0 Å². The summed E-state index contributed by atoms with van der Waals surface area (Å²) >= 11 is 16.1. The lowest BCUT2D eigenvalue weighted by atomic mass is 10.2. The molecule has 0 atom stereocenters. The highest BCUT2D eigenvalue weighted by Gasteiger charge is 2.07. The van der Waals surface area contributed by atoms with Crippen LogP contribution in [-0.4, -0.2) is 21.1 Å². The molecule has 2 heterocycles. The monoisotopic (exact) mass is 398 g/mol. The van der Waals surface area contributed by atoms with Gasteiger partial charge >= 0.3 is 0 Å². The van der Waals surface area contributed by atoms with Gasteiger partial charge in [-0.2, -0.15) is 14.9 Å². The first-order chi connectivity index (χ1) is 10.1. The number of hydrogen-bond donors (Lipinski definition) is 1. The first-order valence-electron chi connectivity index (χ1n) is 5.86. The minimum atomic E-state index is 0.437. The summed E-state index contributed by atoms with van der Waals surface area (Å²) in [6.45, 7) is 0. The SMILES string of the molecule is S=c1[nH]nc(-c2ccc(Cl)cc2)n1/N=C/c1ccc(Br)s1. The van der Waals surface area contributed by atoms with Crippen LogP contribution in [-0.2, 0) is 0 Å². The average molecular weight is 400 g/mol. The fourth-order valence-electron chi connectivity index (χ4n) is 1.70. The third kappa shape index (κ3) is 3.32. The van der Waals surface area contributed by atoms with Gasteiger partial charge in [-0.05, 0) is 64.5 Å². The lowest BCUT2D eigenvalue weighted by molar-refractivity contribution is 0.872. The molecule has 0 aliphatic carbocycles. The number of benzene rings is 1. The van der Waals surface area contributed by atoms with Crippen molar-refractivity contribution < 1.29 is 0 Å². The van der Waals surface area contributed by atoms with Crippen LogP contribution < -0.4 is 0 Å². The number of aromatic nitrogens is 3. The zero-order chi connectivity index (χ0) is 14.8. The summed E-state index contributed by atoms with van der Waals surface area (Å²) < 4.78 is 3.08. The molecule has 0 aliphatic heterocycles. The quantitative estimate of drug-likeness (QED) is 0.499. The average Bonchev–Trinajstić information content (AvgIpc) is 3.04. The van der Waals surface area contributed by atoms with Crippen LogP contribution in [0, 0.1) is 4.77 Å². The number of halogens is 2. The van der Waals surface area contributed by atoms with Crippen molar-refractivity contribution in [2.75, 3.05) is 0 Å². The summed E-state index contributed by atoms with van der Waals surface area (Å²) in [5.41, 5.74) is 0.885. The Kier molecular flexibility index (Phi) is 4.34. The first-order valence-corrected chi connectivity index (χ1v) is 8.26. The van der Waals surface area contributed by atoms with Gasteiger partial charge in [0.05, 0.1) is 10.0 Å². The van der Waals surface area contributed by atoms with Gasteiger partial charge in [-0.15, -0.1) is 11.3 Å². The van der Waals surface area contributed by atoms with E-state index in [0.717, 1.165) is 14.2 Å². The standard InChI is InChI=1S/C13H8BrClN4S2/c14-11-6-5-10(21-11)7-16-19-12(17-18-13(19)20)8-1-3-9(15)4-2-8/h1-7H,(H,18,20)/b16-7+. The molecule has 3 aromatic rings. The minimum Gasteiger partial charge on any atom is -0.250 e. The predicted molar refractivity (Wildman–Crippen MR) is 92.9 cm³/mol. The molecule has 0 amide bonds. The summed E-state index contributed by atoms with van der Waals surface area (Å²) in [5, 5.41) is 12.0. The summed E-state index contributed by atoms with van der Waals surface area (Å²) in [4.78, 5) is 1.02. The molecule has 0 fully saturated rings. The highest BCUT2D eigenvalue weighted by Crippen LogP contribution is 2.22. The number of aromatic amines is 1. The topological polar surface area (TPSA) is 46.0 Å². The number of hydrogen-bond acceptors (Lipinski definition) is 4. The Morgan fingerprint density at radius 2 is 2.05 bits per heavy atom. The van der Waals surface area contributed by atoms with Crippen molar-refractivity contribution in [1.29, 1.82) is 0 Å². The van der Waals surface area contributed by atoms with E-state index in [1.807, 2.05) is 24.3 Å². The van der Waals surface area contributed by atoms with Crippen LogP contribution >= 0.6 is 51.1 Å². The van der Waals surface area contributed by atoms with Crippen molar-refractivity contribution in [2.24, 2.45) is 5.10 Å². The van der Waals surface area contributed by atoms with E-state index in [2.05, 4.69) is 31.2 Å². The Bertz CT molecular complexity index is 848. The molecule has 8 heteroatoms. The summed E-state index contributed by atoms with van der Waals surface area (Å²) in [5.74, 6) is 0.642. The summed E-state index contributed by atoms with van der Waals surface area (Å²) in [6.07, 6.45) is 1.75. The van der Waals surface area contributed by atoms with Crippen LogP contribution in [0.3, 0.4) is 0 Å². The molecule has 0 spiro atoms. The maximum absolute atomic E-state index is 5.90. The highest BCUT2D eigenvalue weighted by molar-refractivity contribution is 9.11. The number of thiophene rings is 1. The molecule has 21 heavy (non-hydrogen) atoms. The molecule has 0 saturated heterocycles. The fourth-order valence-corrected chi connectivity index (χ4v) is 3.29. The largest absolute Gasteiger partial charge is 0.250 e. The maximum Gasteiger partial charge on any atom is 0.216 e. The maximum atomic E-state index is 5.90. The van der Waals surface area contributed by atoms with Crippen LogP contribution in [0.4, 0.5) is 0 Å². The van der Waals surface area contributed by atoms with Crippen LogP contribution in [0.5, 0.6) is 0 Å². The van der Waals surface area contributed by atoms with E-state index in [0.29, 0.717) is 15.6 Å². The van der Waals surface area contributed by atoms with E-state index in [4.69, 9.17) is 23.8 Å². The molecule has 0 aliphatic rings. The van der Waals surface area contributed by atoms with Crippen LogP contribution in [0.1, 0.15) is 4.88 Å². The van der Waals surface area contributed by atoms with E-state index in [1.165, 1.54) is 0 Å². The number of rotatable bonds is 3. The molecular formula is C13H8BrClN4S2. The van der Waals surface area contributed by atoms with Crippen molar-refractivity contribution in [3.05, 3.63) is 54.9 Å². The lowest BCUT2D eigenvalue weighted by Crippen LogP contribution is -1.94. The Morgan fingerprint density at radius 1 is 1.29 bits per heavy atom. The van der Waals surface area contributed by atoms with Gasteiger partial charge in [-0.25, -0.2) is 5.10 Å². The molecule has 4 nitrogen and oxygen atoms in total. The summed E-state index contributed by atoms with van der Waals surface area (Å²) in [7, 11) is 0. The normalized spacial score (nSPS) is 11.3. The second-order valence-corrected chi connectivity index (χ2v) is 7.38. The molecule has 1 aromatic carbocycles. The Hall–Kier alpha value is -1.28. The van der Waals surface area contributed by atoms with Gasteiger partial charge in [0.1, 0.15) is 0 Å².